The largest absolute Gasteiger partial charge is 0.389 e. The van der Waals surface area contributed by atoms with Crippen molar-refractivity contribution in [1.82, 2.24) is 14.9 Å². The first-order valence-electron chi connectivity index (χ1n) is 8.32. The number of carbonyl (C=O) groups excluding carboxylic acids is 1. The van der Waals surface area contributed by atoms with E-state index in [0.717, 1.165) is 19.3 Å². The van der Waals surface area contributed by atoms with Gasteiger partial charge in [-0.3, -0.25) is 4.79 Å². The standard InChI is InChI=1S/C18H22FN3O2/c19-15-10-14(4-5-16(15)22-9-8-20-13-22)12-21-17(23)11-18(24)6-2-1-3-7-18/h4-5,8-10,13,24H,1-3,6-7,11-12H2,(H,21,23). The van der Waals surface area contributed by atoms with Crippen LogP contribution in [0.2, 0.25) is 0 Å². The van der Waals surface area contributed by atoms with Crippen molar-refractivity contribution < 1.29 is 14.3 Å². The molecule has 1 amide bonds. The van der Waals surface area contributed by atoms with Gasteiger partial charge in [-0.2, -0.15) is 0 Å². The van der Waals surface area contributed by atoms with Gasteiger partial charge in [-0.15, -0.1) is 0 Å². The molecule has 1 heterocycles. The molecule has 0 aliphatic heterocycles. The Kier molecular flexibility index (Phi) is 4.94. The molecular formula is C18H22FN3O2. The predicted octanol–water partition coefficient (Wildman–Crippen LogP) is 2.71. The second kappa shape index (κ2) is 7.13. The summed E-state index contributed by atoms with van der Waals surface area (Å²) in [5, 5.41) is 13.2. The summed E-state index contributed by atoms with van der Waals surface area (Å²) in [6, 6.07) is 4.84. The minimum atomic E-state index is -0.876. The summed E-state index contributed by atoms with van der Waals surface area (Å²) in [4.78, 5) is 16.0. The Balaban J connectivity index is 1.56. The monoisotopic (exact) mass is 331 g/mol. The fourth-order valence-corrected chi connectivity index (χ4v) is 3.22. The smallest absolute Gasteiger partial charge is 0.223 e. The molecule has 2 aromatic rings. The van der Waals surface area contributed by atoms with Crippen molar-refractivity contribution in [3.05, 3.63) is 48.3 Å². The topological polar surface area (TPSA) is 67.2 Å². The number of halogens is 1. The molecule has 1 aliphatic carbocycles. The average molecular weight is 331 g/mol. The Morgan fingerprint density at radius 1 is 1.33 bits per heavy atom. The summed E-state index contributed by atoms with van der Waals surface area (Å²) in [7, 11) is 0. The van der Waals surface area contributed by atoms with E-state index in [1.807, 2.05) is 0 Å². The molecular weight excluding hydrogens is 309 g/mol. The minimum absolute atomic E-state index is 0.114. The summed E-state index contributed by atoms with van der Waals surface area (Å²) in [5.41, 5.74) is 0.221. The van der Waals surface area contributed by atoms with E-state index in [1.54, 1.807) is 29.1 Å². The van der Waals surface area contributed by atoms with Crippen LogP contribution in [-0.2, 0) is 11.3 Å². The number of hydrogen-bond donors (Lipinski definition) is 2. The van der Waals surface area contributed by atoms with E-state index in [4.69, 9.17) is 0 Å². The lowest BCUT2D eigenvalue weighted by atomic mass is 9.82. The number of nitrogens with zero attached hydrogens (tertiary/aromatic N) is 2. The maximum atomic E-state index is 14.2. The quantitative estimate of drug-likeness (QED) is 0.885. The zero-order valence-corrected chi connectivity index (χ0v) is 13.5. The molecule has 0 spiro atoms. The molecule has 1 aromatic carbocycles. The van der Waals surface area contributed by atoms with Gasteiger partial charge in [0.05, 0.1) is 24.0 Å². The average Bonchev–Trinajstić information content (AvgIpc) is 3.07. The van der Waals surface area contributed by atoms with Crippen LogP contribution >= 0.6 is 0 Å². The van der Waals surface area contributed by atoms with Crippen molar-refractivity contribution in [3.8, 4) is 5.69 Å². The molecule has 0 atom stereocenters. The number of nitrogens with one attached hydrogen (secondary N) is 1. The van der Waals surface area contributed by atoms with E-state index in [9.17, 15) is 14.3 Å². The first-order valence-corrected chi connectivity index (χ1v) is 8.32. The van der Waals surface area contributed by atoms with E-state index in [-0.39, 0.29) is 24.7 Å². The van der Waals surface area contributed by atoms with Crippen LogP contribution in [0.3, 0.4) is 0 Å². The molecule has 0 radical (unpaired) electrons. The molecule has 6 heteroatoms. The number of benzene rings is 1. The predicted molar refractivity (Wildman–Crippen MR) is 88.0 cm³/mol. The maximum absolute atomic E-state index is 14.2. The van der Waals surface area contributed by atoms with E-state index < -0.39 is 5.60 Å². The van der Waals surface area contributed by atoms with Gasteiger partial charge in [-0.05, 0) is 30.5 Å². The van der Waals surface area contributed by atoms with Gasteiger partial charge in [-0.25, -0.2) is 9.37 Å². The third kappa shape index (κ3) is 4.00. The van der Waals surface area contributed by atoms with Crippen molar-refractivity contribution in [2.75, 3.05) is 0 Å². The van der Waals surface area contributed by atoms with Gasteiger partial charge in [0.1, 0.15) is 5.82 Å². The molecule has 2 N–H and O–H groups in total. The summed E-state index contributed by atoms with van der Waals surface area (Å²) >= 11 is 0. The van der Waals surface area contributed by atoms with Crippen molar-refractivity contribution in [2.24, 2.45) is 0 Å². The van der Waals surface area contributed by atoms with Gasteiger partial charge in [0.15, 0.2) is 0 Å². The normalized spacial score (nSPS) is 16.8. The maximum Gasteiger partial charge on any atom is 0.223 e. The molecule has 0 saturated heterocycles. The second-order valence-corrected chi connectivity index (χ2v) is 6.49. The molecule has 0 unspecified atom stereocenters. The van der Waals surface area contributed by atoms with Crippen LogP contribution in [0.15, 0.2) is 36.9 Å². The Morgan fingerprint density at radius 3 is 2.79 bits per heavy atom. The summed E-state index contributed by atoms with van der Waals surface area (Å²) in [6.45, 7) is 0.246. The van der Waals surface area contributed by atoms with E-state index in [0.29, 0.717) is 24.1 Å². The SMILES string of the molecule is O=C(CC1(O)CCCCC1)NCc1ccc(-n2ccnc2)c(F)c1. The molecule has 1 fully saturated rings. The van der Waals surface area contributed by atoms with Crippen LogP contribution in [0, 0.1) is 5.82 Å². The molecule has 1 aromatic heterocycles. The molecule has 1 saturated carbocycles. The number of amides is 1. The van der Waals surface area contributed by atoms with E-state index in [1.165, 1.54) is 12.4 Å². The molecule has 3 rings (SSSR count). The molecule has 0 bridgehead atoms. The zero-order chi connectivity index (χ0) is 17.0. The first-order chi connectivity index (χ1) is 11.6. The highest BCUT2D eigenvalue weighted by Crippen LogP contribution is 2.30. The number of carbonyl (C=O) groups is 1. The highest BCUT2D eigenvalue weighted by atomic mass is 19.1. The highest BCUT2D eigenvalue weighted by molar-refractivity contribution is 5.77. The van der Waals surface area contributed by atoms with Crippen LogP contribution in [0.4, 0.5) is 4.39 Å². The number of aliphatic hydroxyl groups is 1. The van der Waals surface area contributed by atoms with Crippen molar-refractivity contribution in [2.45, 2.75) is 50.7 Å². The van der Waals surface area contributed by atoms with Gasteiger partial charge in [0.2, 0.25) is 5.91 Å². The Labute approximate surface area is 140 Å². The second-order valence-electron chi connectivity index (χ2n) is 6.49. The molecule has 1 aliphatic rings. The highest BCUT2D eigenvalue weighted by Gasteiger charge is 2.31. The summed E-state index contributed by atoms with van der Waals surface area (Å²) in [6.07, 6.45) is 9.30. The number of imidazole rings is 1. The van der Waals surface area contributed by atoms with Crippen LogP contribution in [0.1, 0.15) is 44.1 Å². The van der Waals surface area contributed by atoms with Gasteiger partial charge >= 0.3 is 0 Å². The van der Waals surface area contributed by atoms with E-state index in [2.05, 4.69) is 10.3 Å². The fraction of sp³-hybridized carbons (Fsp3) is 0.444. The lowest BCUT2D eigenvalue weighted by Gasteiger charge is -2.31. The summed E-state index contributed by atoms with van der Waals surface area (Å²) in [5.74, 6) is -0.566. The number of aromatic nitrogens is 2. The fourth-order valence-electron chi connectivity index (χ4n) is 3.22. The van der Waals surface area contributed by atoms with Crippen LogP contribution in [0.25, 0.3) is 5.69 Å². The number of hydrogen-bond acceptors (Lipinski definition) is 3. The molecule has 128 valence electrons. The first kappa shape index (κ1) is 16.6. The molecule has 5 nitrogen and oxygen atoms in total. The zero-order valence-electron chi connectivity index (χ0n) is 13.5. The van der Waals surface area contributed by atoms with Gasteiger partial charge in [0, 0.05) is 18.9 Å². The Hall–Kier alpha value is -2.21. The Morgan fingerprint density at radius 2 is 2.12 bits per heavy atom. The Bertz CT molecular complexity index is 694. The van der Waals surface area contributed by atoms with Crippen LogP contribution in [0.5, 0.6) is 0 Å². The third-order valence-electron chi connectivity index (χ3n) is 4.56. The number of rotatable bonds is 5. The van der Waals surface area contributed by atoms with Crippen molar-refractivity contribution in [3.63, 3.8) is 0 Å². The van der Waals surface area contributed by atoms with Crippen LogP contribution in [-0.4, -0.2) is 26.2 Å². The lowest BCUT2D eigenvalue weighted by molar-refractivity contribution is -0.127. The molecule has 24 heavy (non-hydrogen) atoms. The third-order valence-corrected chi connectivity index (χ3v) is 4.56. The van der Waals surface area contributed by atoms with Gasteiger partial charge < -0.3 is 15.0 Å². The van der Waals surface area contributed by atoms with Crippen molar-refractivity contribution in [1.29, 1.82) is 0 Å². The van der Waals surface area contributed by atoms with Gasteiger partial charge in [-0.1, -0.05) is 25.3 Å². The lowest BCUT2D eigenvalue weighted by Crippen LogP contribution is -2.38. The minimum Gasteiger partial charge on any atom is -0.389 e. The van der Waals surface area contributed by atoms with E-state index >= 15 is 0 Å². The van der Waals surface area contributed by atoms with Crippen molar-refractivity contribution >= 4 is 5.91 Å². The van der Waals surface area contributed by atoms with Gasteiger partial charge in [0.25, 0.3) is 0 Å². The summed E-state index contributed by atoms with van der Waals surface area (Å²) < 4.78 is 15.8. The van der Waals surface area contributed by atoms with Crippen LogP contribution < -0.4 is 5.32 Å².